The van der Waals surface area contributed by atoms with Gasteiger partial charge in [0.1, 0.15) is 0 Å². The number of benzene rings is 2. The molecule has 4 nitrogen and oxygen atoms in total. The molecule has 21 heavy (non-hydrogen) atoms. The SMILES string of the molecule is CC(=NN=C(N)N)c1ccc2c(c1)Cc1ccccc1-2.Cl. The minimum Gasteiger partial charge on any atom is -0.369 e. The first kappa shape index (κ1) is 15.1. The molecule has 2 aromatic rings. The zero-order chi connectivity index (χ0) is 14.1. The van der Waals surface area contributed by atoms with Gasteiger partial charge in [0.15, 0.2) is 0 Å². The van der Waals surface area contributed by atoms with E-state index in [4.69, 9.17) is 11.5 Å². The minimum absolute atomic E-state index is 0. The van der Waals surface area contributed by atoms with Crippen LogP contribution in [-0.2, 0) is 6.42 Å². The summed E-state index contributed by atoms with van der Waals surface area (Å²) in [6.07, 6.45) is 0.967. The van der Waals surface area contributed by atoms with Gasteiger partial charge in [-0.2, -0.15) is 5.10 Å². The number of nitrogens with two attached hydrogens (primary N) is 2. The van der Waals surface area contributed by atoms with Crippen LogP contribution in [0.3, 0.4) is 0 Å². The molecule has 0 unspecified atom stereocenters. The maximum Gasteiger partial charge on any atom is 0.211 e. The number of hydrogen-bond acceptors (Lipinski definition) is 2. The van der Waals surface area contributed by atoms with Crippen LogP contribution in [-0.4, -0.2) is 11.7 Å². The Kier molecular flexibility index (Phi) is 4.29. The maximum atomic E-state index is 5.29. The van der Waals surface area contributed by atoms with Gasteiger partial charge in [-0.05, 0) is 47.2 Å². The molecule has 0 spiro atoms. The molecule has 3 rings (SSSR count). The maximum absolute atomic E-state index is 5.29. The first-order valence-corrected chi connectivity index (χ1v) is 6.50. The van der Waals surface area contributed by atoms with Crippen molar-refractivity contribution in [3.05, 3.63) is 59.2 Å². The summed E-state index contributed by atoms with van der Waals surface area (Å²) in [5.41, 5.74) is 17.7. The Morgan fingerprint density at radius 1 is 0.952 bits per heavy atom. The fourth-order valence-electron chi connectivity index (χ4n) is 2.56. The lowest BCUT2D eigenvalue weighted by Crippen LogP contribution is -2.22. The number of guanidine groups is 1. The molecule has 0 amide bonds. The summed E-state index contributed by atoms with van der Waals surface area (Å²) in [6.45, 7) is 1.90. The van der Waals surface area contributed by atoms with Crippen LogP contribution in [0.5, 0.6) is 0 Å². The lowest BCUT2D eigenvalue weighted by molar-refractivity contribution is 1.19. The van der Waals surface area contributed by atoms with Crippen molar-refractivity contribution in [2.75, 3.05) is 0 Å². The molecule has 5 heteroatoms. The molecular formula is C16H17ClN4. The lowest BCUT2D eigenvalue weighted by Gasteiger charge is -2.04. The average Bonchev–Trinajstić information content (AvgIpc) is 2.82. The summed E-state index contributed by atoms with van der Waals surface area (Å²) >= 11 is 0. The number of hydrogen-bond donors (Lipinski definition) is 2. The predicted octanol–water partition coefficient (Wildman–Crippen LogP) is 2.68. The fraction of sp³-hybridized carbons (Fsp3) is 0.125. The van der Waals surface area contributed by atoms with E-state index < -0.39 is 0 Å². The van der Waals surface area contributed by atoms with Crippen molar-refractivity contribution >= 4 is 24.1 Å². The second-order valence-corrected chi connectivity index (χ2v) is 4.92. The van der Waals surface area contributed by atoms with E-state index in [0.29, 0.717) is 0 Å². The van der Waals surface area contributed by atoms with Crippen LogP contribution in [0.25, 0.3) is 11.1 Å². The molecule has 0 aromatic heterocycles. The molecule has 0 aliphatic heterocycles. The largest absolute Gasteiger partial charge is 0.369 e. The van der Waals surface area contributed by atoms with Crippen LogP contribution in [0.1, 0.15) is 23.6 Å². The molecule has 0 bridgehead atoms. The van der Waals surface area contributed by atoms with E-state index in [2.05, 4.69) is 52.7 Å². The summed E-state index contributed by atoms with van der Waals surface area (Å²) in [5.74, 6) is -0.0297. The predicted molar refractivity (Wildman–Crippen MR) is 90.0 cm³/mol. The minimum atomic E-state index is -0.0297. The number of rotatable bonds is 2. The van der Waals surface area contributed by atoms with Gasteiger partial charge in [0.2, 0.25) is 5.96 Å². The van der Waals surface area contributed by atoms with E-state index in [1.807, 2.05) is 6.92 Å². The van der Waals surface area contributed by atoms with Crippen LogP contribution >= 0.6 is 12.4 Å². The van der Waals surface area contributed by atoms with Crippen LogP contribution in [0.2, 0.25) is 0 Å². The molecule has 0 heterocycles. The highest BCUT2D eigenvalue weighted by Gasteiger charge is 2.18. The highest BCUT2D eigenvalue weighted by atomic mass is 35.5. The van der Waals surface area contributed by atoms with E-state index in [1.54, 1.807) is 0 Å². The van der Waals surface area contributed by atoms with Crippen LogP contribution < -0.4 is 11.5 Å². The van der Waals surface area contributed by atoms with Crippen molar-refractivity contribution in [3.8, 4) is 11.1 Å². The normalized spacial score (nSPS) is 12.1. The van der Waals surface area contributed by atoms with Crippen molar-refractivity contribution < 1.29 is 0 Å². The third kappa shape index (κ3) is 2.90. The number of fused-ring (bicyclic) bond motifs is 3. The van der Waals surface area contributed by atoms with Crippen LogP contribution in [0.15, 0.2) is 52.7 Å². The Morgan fingerprint density at radius 3 is 2.43 bits per heavy atom. The Balaban J connectivity index is 0.00000161. The molecular weight excluding hydrogens is 284 g/mol. The molecule has 1 aliphatic carbocycles. The summed E-state index contributed by atoms with van der Waals surface area (Å²) < 4.78 is 0. The summed E-state index contributed by atoms with van der Waals surface area (Å²) in [5, 5.41) is 7.72. The molecule has 108 valence electrons. The van der Waals surface area contributed by atoms with E-state index in [-0.39, 0.29) is 18.4 Å². The van der Waals surface area contributed by atoms with E-state index in [9.17, 15) is 0 Å². The van der Waals surface area contributed by atoms with Crippen LogP contribution in [0.4, 0.5) is 0 Å². The van der Waals surface area contributed by atoms with Crippen molar-refractivity contribution in [1.29, 1.82) is 0 Å². The van der Waals surface area contributed by atoms with Gasteiger partial charge in [-0.1, -0.05) is 36.4 Å². The number of halogens is 1. The van der Waals surface area contributed by atoms with Crippen molar-refractivity contribution in [2.45, 2.75) is 13.3 Å². The van der Waals surface area contributed by atoms with Gasteiger partial charge in [0, 0.05) is 0 Å². The summed E-state index contributed by atoms with van der Waals surface area (Å²) in [7, 11) is 0. The smallest absolute Gasteiger partial charge is 0.211 e. The highest BCUT2D eigenvalue weighted by Crippen LogP contribution is 2.36. The van der Waals surface area contributed by atoms with Gasteiger partial charge in [0.05, 0.1) is 5.71 Å². The fourth-order valence-corrected chi connectivity index (χ4v) is 2.56. The Morgan fingerprint density at radius 2 is 1.67 bits per heavy atom. The molecule has 2 aromatic carbocycles. The zero-order valence-electron chi connectivity index (χ0n) is 11.7. The van der Waals surface area contributed by atoms with Crippen molar-refractivity contribution in [3.63, 3.8) is 0 Å². The lowest BCUT2D eigenvalue weighted by atomic mass is 10.0. The Bertz CT molecular complexity index is 731. The average molecular weight is 301 g/mol. The van der Waals surface area contributed by atoms with Gasteiger partial charge < -0.3 is 11.5 Å². The van der Waals surface area contributed by atoms with Gasteiger partial charge in [-0.3, -0.25) is 0 Å². The highest BCUT2D eigenvalue weighted by molar-refractivity contribution is 6.00. The van der Waals surface area contributed by atoms with E-state index >= 15 is 0 Å². The van der Waals surface area contributed by atoms with E-state index in [0.717, 1.165) is 17.7 Å². The topological polar surface area (TPSA) is 76.8 Å². The van der Waals surface area contributed by atoms with Gasteiger partial charge in [-0.25, -0.2) is 0 Å². The molecule has 1 aliphatic rings. The quantitative estimate of drug-likeness (QED) is 0.434. The van der Waals surface area contributed by atoms with Gasteiger partial charge in [-0.15, -0.1) is 17.5 Å². The van der Waals surface area contributed by atoms with Gasteiger partial charge in [0.25, 0.3) is 0 Å². The monoisotopic (exact) mass is 300 g/mol. The van der Waals surface area contributed by atoms with Crippen molar-refractivity contribution in [2.24, 2.45) is 21.7 Å². The summed E-state index contributed by atoms with van der Waals surface area (Å²) in [6, 6.07) is 14.9. The Hall–Kier alpha value is -2.33. The first-order valence-electron chi connectivity index (χ1n) is 6.50. The summed E-state index contributed by atoms with van der Waals surface area (Å²) in [4.78, 5) is 0. The second kappa shape index (κ2) is 5.97. The molecule has 4 N–H and O–H groups in total. The Labute approximate surface area is 130 Å². The third-order valence-corrected chi connectivity index (χ3v) is 3.53. The third-order valence-electron chi connectivity index (χ3n) is 3.53. The van der Waals surface area contributed by atoms with Gasteiger partial charge >= 0.3 is 0 Å². The first-order chi connectivity index (χ1) is 9.65. The standard InChI is InChI=1S/C16H16N4.ClH/c1-10(19-20-16(17)18)11-6-7-15-13(8-11)9-12-4-2-3-5-14(12)15;/h2-8H,9H2,1H3,(H4,17,18,20);1H. The zero-order valence-corrected chi connectivity index (χ0v) is 12.5. The molecule has 0 saturated carbocycles. The number of nitrogens with zero attached hydrogens (tertiary/aromatic N) is 2. The van der Waals surface area contributed by atoms with E-state index in [1.165, 1.54) is 22.3 Å². The molecule has 0 saturated heterocycles. The molecule has 0 radical (unpaired) electrons. The molecule has 0 atom stereocenters. The van der Waals surface area contributed by atoms with Crippen molar-refractivity contribution in [1.82, 2.24) is 0 Å². The molecule has 0 fully saturated rings. The van der Waals surface area contributed by atoms with Crippen LogP contribution in [0, 0.1) is 0 Å². The second-order valence-electron chi connectivity index (χ2n) is 4.92.